The van der Waals surface area contributed by atoms with Crippen molar-refractivity contribution >= 4 is 47.3 Å². The molecule has 3 heterocycles. The Kier molecular flexibility index (Phi) is 11.8. The zero-order chi connectivity index (χ0) is 29.0. The Morgan fingerprint density at radius 3 is 1.29 bits per heavy atom. The monoisotopic (exact) mass is 599 g/mol. The van der Waals surface area contributed by atoms with Crippen molar-refractivity contribution in [3.8, 4) is 23.0 Å². The lowest BCUT2D eigenvalue weighted by atomic mass is 10.1. The van der Waals surface area contributed by atoms with E-state index in [4.69, 9.17) is 15.0 Å². The maximum atomic E-state index is 5.20. The van der Waals surface area contributed by atoms with E-state index in [1.165, 1.54) is 75.2 Å². The molecule has 0 bridgehead atoms. The largest absolute Gasteiger partial charge is 0.323 e. The van der Waals surface area contributed by atoms with Crippen LogP contribution in [-0.2, 0) is 13.1 Å². The third-order valence-corrected chi connectivity index (χ3v) is 8.73. The van der Waals surface area contributed by atoms with Gasteiger partial charge >= 0.3 is 0 Å². The highest BCUT2D eigenvalue weighted by Gasteiger charge is 2.17. The van der Waals surface area contributed by atoms with E-state index in [2.05, 4.69) is 101 Å². The number of unbranched alkanes of at least 4 members (excludes halogenated alkanes) is 10. The molecule has 0 aliphatic heterocycles. The first kappa shape index (κ1) is 30.7. The molecule has 0 aliphatic rings. The Morgan fingerprint density at radius 2 is 0.833 bits per heavy atom. The Bertz CT molecular complexity index is 1430. The van der Waals surface area contributed by atoms with Crippen molar-refractivity contribution in [1.29, 1.82) is 0 Å². The molecular weight excluding hydrogens is 555 g/mol. The number of pyridine rings is 1. The third-order valence-electron chi connectivity index (χ3n) is 8.10. The maximum absolute atomic E-state index is 5.20. The summed E-state index contributed by atoms with van der Waals surface area (Å²) in [7, 11) is 0. The van der Waals surface area contributed by atoms with E-state index in [0.717, 1.165) is 71.5 Å². The summed E-state index contributed by atoms with van der Waals surface area (Å²) in [6.07, 6.45) is 14.8. The zero-order valence-electron chi connectivity index (χ0n) is 24.8. The average Bonchev–Trinajstić information content (AvgIpc) is 3.59. The van der Waals surface area contributed by atoms with E-state index in [9.17, 15) is 0 Å². The fourth-order valence-electron chi connectivity index (χ4n) is 5.86. The summed E-state index contributed by atoms with van der Waals surface area (Å²) in [6, 6.07) is 23.2. The normalized spacial score (nSPS) is 11.7. The van der Waals surface area contributed by atoms with Crippen molar-refractivity contribution < 1.29 is 0 Å². The van der Waals surface area contributed by atoms with Gasteiger partial charge in [-0.05, 0) is 73.6 Å². The van der Waals surface area contributed by atoms with Crippen LogP contribution >= 0.6 is 25.3 Å². The average molecular weight is 600 g/mol. The van der Waals surface area contributed by atoms with Crippen molar-refractivity contribution in [2.45, 2.75) is 90.1 Å². The van der Waals surface area contributed by atoms with Crippen LogP contribution in [0, 0.1) is 0 Å². The van der Waals surface area contributed by atoms with Gasteiger partial charge in [0.25, 0.3) is 0 Å². The summed E-state index contributed by atoms with van der Waals surface area (Å²) in [5.74, 6) is 3.86. The summed E-state index contributed by atoms with van der Waals surface area (Å²) in [5.41, 5.74) is 6.21. The molecule has 0 saturated carbocycles. The van der Waals surface area contributed by atoms with Gasteiger partial charge in [0.2, 0.25) is 0 Å². The van der Waals surface area contributed by atoms with E-state index in [1.807, 2.05) is 0 Å². The molecule has 0 spiro atoms. The van der Waals surface area contributed by atoms with Crippen molar-refractivity contribution in [2.75, 3.05) is 11.5 Å². The van der Waals surface area contributed by atoms with Crippen molar-refractivity contribution in [3.05, 3.63) is 66.7 Å². The third kappa shape index (κ3) is 7.78. The molecule has 0 atom stereocenters. The zero-order valence-corrected chi connectivity index (χ0v) is 26.6. The molecule has 3 aromatic heterocycles. The fraction of sp³-hybridized carbons (Fsp3) is 0.457. The number of nitrogens with zero attached hydrogens (tertiary/aromatic N) is 5. The first-order valence-corrected chi connectivity index (χ1v) is 17.2. The van der Waals surface area contributed by atoms with Gasteiger partial charge in [0.1, 0.15) is 11.4 Å². The number of hydrogen-bond acceptors (Lipinski definition) is 5. The minimum Gasteiger partial charge on any atom is -0.323 e. The molecule has 0 radical (unpaired) electrons. The standard InChI is InChI=1S/C35H45N5S2/c41-26-15-7-3-1-5-13-24-39-32-22-11-9-18-28(32)37-34(39)30-20-17-21-31(36-30)35-38-29-19-10-12-23-33(29)40(35)25-14-6-2-4-8-16-27-42/h9-12,17-23,41-42H,1-8,13-16,24-27H2. The van der Waals surface area contributed by atoms with E-state index < -0.39 is 0 Å². The van der Waals surface area contributed by atoms with Gasteiger partial charge in [0.05, 0.1) is 22.1 Å². The smallest absolute Gasteiger partial charge is 0.159 e. The molecule has 0 N–H and O–H groups in total. The first-order valence-electron chi connectivity index (χ1n) is 15.9. The molecule has 5 aromatic rings. The van der Waals surface area contributed by atoms with Gasteiger partial charge in [-0.2, -0.15) is 25.3 Å². The second-order valence-corrected chi connectivity index (χ2v) is 12.1. The van der Waals surface area contributed by atoms with Crippen molar-refractivity contribution in [1.82, 2.24) is 24.1 Å². The molecule has 0 unspecified atom stereocenters. The predicted molar refractivity (Wildman–Crippen MR) is 185 cm³/mol. The molecular formula is C35H45N5S2. The molecule has 2 aromatic carbocycles. The number of hydrogen-bond donors (Lipinski definition) is 2. The number of rotatable bonds is 18. The van der Waals surface area contributed by atoms with E-state index in [1.54, 1.807) is 0 Å². The SMILES string of the molecule is SCCCCCCCCn1c(-c2cccc(-c3nc4ccccc4n3CCCCCCCCS)n2)nc2ccccc21. The molecule has 5 nitrogen and oxygen atoms in total. The number of para-hydroxylation sites is 4. The number of fused-ring (bicyclic) bond motifs is 2. The lowest BCUT2D eigenvalue weighted by Gasteiger charge is -2.12. The topological polar surface area (TPSA) is 48.5 Å². The summed E-state index contributed by atoms with van der Waals surface area (Å²) in [5, 5.41) is 0. The maximum Gasteiger partial charge on any atom is 0.159 e. The lowest BCUT2D eigenvalue weighted by molar-refractivity contribution is 0.566. The highest BCUT2D eigenvalue weighted by Crippen LogP contribution is 2.29. The minimum absolute atomic E-state index is 0.903. The van der Waals surface area contributed by atoms with Gasteiger partial charge in [-0.25, -0.2) is 15.0 Å². The second kappa shape index (κ2) is 16.2. The number of aryl methyl sites for hydroxylation is 2. The predicted octanol–water partition coefficient (Wildman–Crippen LogP) is 9.66. The number of aromatic nitrogens is 5. The van der Waals surface area contributed by atoms with E-state index in [-0.39, 0.29) is 0 Å². The van der Waals surface area contributed by atoms with Crippen LogP contribution in [0.25, 0.3) is 45.1 Å². The molecule has 0 aliphatic carbocycles. The molecule has 42 heavy (non-hydrogen) atoms. The number of thiol groups is 2. The fourth-order valence-corrected chi connectivity index (χ4v) is 6.30. The quantitative estimate of drug-likeness (QED) is 0.0779. The van der Waals surface area contributed by atoms with Crippen LogP contribution in [0.2, 0.25) is 0 Å². The minimum atomic E-state index is 0.903. The van der Waals surface area contributed by atoms with Gasteiger partial charge in [-0.15, -0.1) is 0 Å². The highest BCUT2D eigenvalue weighted by molar-refractivity contribution is 7.80. The highest BCUT2D eigenvalue weighted by atomic mass is 32.1. The van der Waals surface area contributed by atoms with Gasteiger partial charge in [-0.3, -0.25) is 0 Å². The summed E-state index contributed by atoms with van der Waals surface area (Å²) < 4.78 is 4.73. The lowest BCUT2D eigenvalue weighted by Crippen LogP contribution is -2.04. The van der Waals surface area contributed by atoms with Gasteiger partial charge in [0, 0.05) is 13.1 Å². The van der Waals surface area contributed by atoms with Gasteiger partial charge < -0.3 is 9.13 Å². The summed E-state index contributed by atoms with van der Waals surface area (Å²) in [4.78, 5) is 15.3. The van der Waals surface area contributed by atoms with Gasteiger partial charge in [0.15, 0.2) is 11.6 Å². The first-order chi connectivity index (χ1) is 20.8. The molecule has 7 heteroatoms. The Hall–Kier alpha value is -2.77. The number of benzene rings is 2. The second-order valence-electron chi connectivity index (χ2n) is 11.2. The van der Waals surface area contributed by atoms with Crippen LogP contribution in [0.4, 0.5) is 0 Å². The Balaban J connectivity index is 1.38. The molecule has 222 valence electrons. The van der Waals surface area contributed by atoms with Crippen LogP contribution < -0.4 is 0 Å². The van der Waals surface area contributed by atoms with E-state index in [0.29, 0.717) is 0 Å². The van der Waals surface area contributed by atoms with Crippen molar-refractivity contribution in [3.63, 3.8) is 0 Å². The summed E-state index contributed by atoms with van der Waals surface area (Å²) >= 11 is 8.68. The van der Waals surface area contributed by atoms with Crippen LogP contribution in [0.3, 0.4) is 0 Å². The molecule has 0 fully saturated rings. The Morgan fingerprint density at radius 1 is 0.429 bits per heavy atom. The van der Waals surface area contributed by atoms with Crippen molar-refractivity contribution in [2.24, 2.45) is 0 Å². The van der Waals surface area contributed by atoms with E-state index >= 15 is 0 Å². The van der Waals surface area contributed by atoms with Gasteiger partial charge in [-0.1, -0.05) is 81.7 Å². The molecule has 0 saturated heterocycles. The van der Waals surface area contributed by atoms with Crippen LogP contribution in [0.15, 0.2) is 66.7 Å². The Labute approximate surface area is 262 Å². The summed E-state index contributed by atoms with van der Waals surface area (Å²) in [6.45, 7) is 1.89. The molecule has 5 rings (SSSR count). The van der Waals surface area contributed by atoms with Crippen LogP contribution in [0.1, 0.15) is 77.0 Å². The molecule has 0 amide bonds. The number of imidazole rings is 2. The van der Waals surface area contributed by atoms with Crippen LogP contribution in [-0.4, -0.2) is 35.6 Å². The van der Waals surface area contributed by atoms with Crippen LogP contribution in [0.5, 0.6) is 0 Å².